The molecule has 0 radical (unpaired) electrons. The van der Waals surface area contributed by atoms with Crippen LogP contribution in [-0.2, 0) is 17.0 Å². The smallest absolute Gasteiger partial charge is 0.258 e. The van der Waals surface area contributed by atoms with Gasteiger partial charge >= 0.3 is 0 Å². The first-order chi connectivity index (χ1) is 14.2. The third kappa shape index (κ3) is 5.07. The van der Waals surface area contributed by atoms with E-state index in [2.05, 4.69) is 20.5 Å². The second kappa shape index (κ2) is 8.97. The van der Waals surface area contributed by atoms with E-state index >= 15 is 0 Å². The lowest BCUT2D eigenvalue weighted by Gasteiger charge is -2.02. The van der Waals surface area contributed by atoms with E-state index in [1.807, 2.05) is 36.4 Å². The van der Waals surface area contributed by atoms with Gasteiger partial charge in [-0.3, -0.25) is 14.0 Å². The zero-order valence-corrected chi connectivity index (χ0v) is 16.9. The summed E-state index contributed by atoms with van der Waals surface area (Å²) in [5.74, 6) is 0.405. The molecule has 4 rings (SSSR count). The van der Waals surface area contributed by atoms with E-state index in [9.17, 15) is 9.59 Å². The Morgan fingerprint density at radius 1 is 1.10 bits per heavy atom. The quantitative estimate of drug-likeness (QED) is 0.362. The summed E-state index contributed by atoms with van der Waals surface area (Å²) in [7, 11) is 0. The van der Waals surface area contributed by atoms with Crippen molar-refractivity contribution in [2.75, 3.05) is 5.32 Å². The van der Waals surface area contributed by atoms with Crippen LogP contribution in [0.4, 0.5) is 5.13 Å². The minimum Gasteiger partial charge on any atom is -0.300 e. The van der Waals surface area contributed by atoms with Crippen molar-refractivity contribution in [2.24, 2.45) is 0 Å². The first-order valence-electron chi connectivity index (χ1n) is 8.95. The second-order valence-electron chi connectivity index (χ2n) is 6.21. The molecular weight excluding hydrogens is 406 g/mol. The van der Waals surface area contributed by atoms with Crippen LogP contribution in [0.5, 0.6) is 0 Å². The monoisotopic (exact) mass is 423 g/mol. The van der Waals surface area contributed by atoms with Gasteiger partial charge in [-0.15, -0.1) is 10.2 Å². The molecule has 0 saturated heterocycles. The predicted octanol–water partition coefficient (Wildman–Crippen LogP) is 3.41. The molecule has 7 nitrogen and oxygen atoms in total. The Kier molecular flexibility index (Phi) is 5.97. The highest BCUT2D eigenvalue weighted by Gasteiger charge is 2.10. The van der Waals surface area contributed by atoms with Crippen molar-refractivity contribution in [1.29, 1.82) is 0 Å². The summed E-state index contributed by atoms with van der Waals surface area (Å²) in [5, 5.41) is 11.4. The fourth-order valence-electron chi connectivity index (χ4n) is 2.72. The Balaban J connectivity index is 1.32. The molecule has 1 aromatic carbocycles. The summed E-state index contributed by atoms with van der Waals surface area (Å²) in [5.41, 5.74) is 2.29. The van der Waals surface area contributed by atoms with Crippen molar-refractivity contribution in [1.82, 2.24) is 19.6 Å². The number of rotatable bonds is 7. The molecule has 0 spiro atoms. The van der Waals surface area contributed by atoms with E-state index in [0.717, 1.165) is 5.56 Å². The number of aromatic nitrogens is 4. The van der Waals surface area contributed by atoms with Crippen LogP contribution in [0, 0.1) is 0 Å². The second-order valence-corrected chi connectivity index (χ2v) is 8.41. The molecular formula is C20H17N5O2S2. The Morgan fingerprint density at radius 2 is 1.93 bits per heavy atom. The standard InChI is InChI=1S/C20H17N5O2S2/c26-17(10-9-14-6-2-1-3-7-14)22-19-23-24-20(29-19)28-13-15-12-18(27)25-11-5-4-8-16(25)21-15/h1-8,11-12H,9-10,13H2,(H,22,23,26). The van der Waals surface area contributed by atoms with Crippen LogP contribution in [0.15, 0.2) is 69.9 Å². The van der Waals surface area contributed by atoms with Gasteiger partial charge in [-0.05, 0) is 24.1 Å². The first-order valence-corrected chi connectivity index (χ1v) is 10.7. The Hall–Kier alpha value is -3.04. The molecule has 0 fully saturated rings. The topological polar surface area (TPSA) is 89.2 Å². The first kappa shape index (κ1) is 19.3. The number of hydrogen-bond acceptors (Lipinski definition) is 7. The number of nitrogens with one attached hydrogen (secondary N) is 1. The molecule has 0 bridgehead atoms. The van der Waals surface area contributed by atoms with E-state index in [-0.39, 0.29) is 11.5 Å². The molecule has 0 atom stereocenters. The minimum atomic E-state index is -0.116. The van der Waals surface area contributed by atoms with Crippen LogP contribution in [-0.4, -0.2) is 25.5 Å². The van der Waals surface area contributed by atoms with Gasteiger partial charge in [-0.25, -0.2) is 4.98 Å². The van der Waals surface area contributed by atoms with Crippen molar-refractivity contribution < 1.29 is 4.79 Å². The van der Waals surface area contributed by atoms with E-state index in [1.54, 1.807) is 18.3 Å². The number of benzene rings is 1. The van der Waals surface area contributed by atoms with Gasteiger partial charge in [-0.1, -0.05) is 59.5 Å². The van der Waals surface area contributed by atoms with Crippen LogP contribution in [0.25, 0.3) is 5.65 Å². The van der Waals surface area contributed by atoms with Crippen LogP contribution in [0.2, 0.25) is 0 Å². The minimum absolute atomic E-state index is 0.0919. The van der Waals surface area contributed by atoms with Crippen molar-refractivity contribution >= 4 is 39.8 Å². The summed E-state index contributed by atoms with van der Waals surface area (Å²) in [6, 6.07) is 16.8. The molecule has 1 N–H and O–H groups in total. The lowest BCUT2D eigenvalue weighted by atomic mass is 10.1. The van der Waals surface area contributed by atoms with Gasteiger partial charge in [0.1, 0.15) is 5.65 Å². The molecule has 1 amide bonds. The summed E-state index contributed by atoms with van der Waals surface area (Å²) in [6.07, 6.45) is 2.76. The number of pyridine rings is 1. The number of anilines is 1. The van der Waals surface area contributed by atoms with E-state index < -0.39 is 0 Å². The molecule has 3 heterocycles. The van der Waals surface area contributed by atoms with Crippen LogP contribution in [0.1, 0.15) is 17.7 Å². The van der Waals surface area contributed by atoms with E-state index in [4.69, 9.17) is 0 Å². The van der Waals surface area contributed by atoms with Crippen molar-refractivity contribution in [3.8, 4) is 0 Å². The molecule has 146 valence electrons. The number of carbonyl (C=O) groups is 1. The molecule has 0 aliphatic carbocycles. The SMILES string of the molecule is O=C(CCc1ccccc1)Nc1nnc(SCc2cc(=O)n3ccccc3n2)s1. The van der Waals surface area contributed by atoms with Gasteiger partial charge in [0.25, 0.3) is 5.56 Å². The van der Waals surface area contributed by atoms with Gasteiger partial charge in [0.15, 0.2) is 4.34 Å². The number of fused-ring (bicyclic) bond motifs is 1. The third-order valence-corrected chi connectivity index (χ3v) is 6.11. The van der Waals surface area contributed by atoms with E-state index in [1.165, 1.54) is 33.6 Å². The highest BCUT2D eigenvalue weighted by Crippen LogP contribution is 2.27. The number of carbonyl (C=O) groups excluding carboxylic acids is 1. The summed E-state index contributed by atoms with van der Waals surface area (Å²) in [6.45, 7) is 0. The largest absolute Gasteiger partial charge is 0.300 e. The molecule has 29 heavy (non-hydrogen) atoms. The number of hydrogen-bond donors (Lipinski definition) is 1. The molecule has 4 aromatic rings. The van der Waals surface area contributed by atoms with Crippen LogP contribution >= 0.6 is 23.1 Å². The highest BCUT2D eigenvalue weighted by atomic mass is 32.2. The maximum Gasteiger partial charge on any atom is 0.258 e. The lowest BCUT2D eigenvalue weighted by molar-refractivity contribution is -0.116. The summed E-state index contributed by atoms with van der Waals surface area (Å²) in [4.78, 5) is 28.7. The maximum absolute atomic E-state index is 12.1. The van der Waals surface area contributed by atoms with Crippen molar-refractivity contribution in [3.63, 3.8) is 0 Å². The Bertz CT molecular complexity index is 1190. The molecule has 0 saturated carbocycles. The van der Waals surface area contributed by atoms with Crippen LogP contribution < -0.4 is 10.9 Å². The van der Waals surface area contributed by atoms with E-state index in [0.29, 0.717) is 39.4 Å². The summed E-state index contributed by atoms with van der Waals surface area (Å²) >= 11 is 2.74. The normalized spacial score (nSPS) is 10.9. The van der Waals surface area contributed by atoms with Gasteiger partial charge < -0.3 is 5.32 Å². The van der Waals surface area contributed by atoms with Gasteiger partial charge in [0.2, 0.25) is 11.0 Å². The molecule has 0 aliphatic rings. The maximum atomic E-state index is 12.1. The molecule has 9 heteroatoms. The molecule has 0 aliphatic heterocycles. The molecule has 3 aromatic heterocycles. The van der Waals surface area contributed by atoms with Gasteiger partial charge in [-0.2, -0.15) is 0 Å². The van der Waals surface area contributed by atoms with Gasteiger partial charge in [0, 0.05) is 24.4 Å². The number of thioether (sulfide) groups is 1. The average molecular weight is 424 g/mol. The number of nitrogens with zero attached hydrogens (tertiary/aromatic N) is 4. The third-order valence-electron chi connectivity index (χ3n) is 4.10. The molecule has 0 unspecified atom stereocenters. The van der Waals surface area contributed by atoms with Crippen molar-refractivity contribution in [2.45, 2.75) is 22.9 Å². The average Bonchev–Trinajstić information content (AvgIpc) is 3.19. The number of amides is 1. The fourth-order valence-corrected chi connectivity index (χ4v) is 4.38. The zero-order chi connectivity index (χ0) is 20.1. The van der Waals surface area contributed by atoms with Gasteiger partial charge in [0.05, 0.1) is 5.69 Å². The Labute approximate surface area is 174 Å². The highest BCUT2D eigenvalue weighted by molar-refractivity contribution is 8.00. The zero-order valence-electron chi connectivity index (χ0n) is 15.3. The fraction of sp³-hybridized carbons (Fsp3) is 0.150. The predicted molar refractivity (Wildman–Crippen MR) is 114 cm³/mol. The number of aryl methyl sites for hydroxylation is 1. The summed E-state index contributed by atoms with van der Waals surface area (Å²) < 4.78 is 2.21. The van der Waals surface area contributed by atoms with Crippen LogP contribution in [0.3, 0.4) is 0 Å². The lowest BCUT2D eigenvalue weighted by Crippen LogP contribution is -2.14. The van der Waals surface area contributed by atoms with Crippen molar-refractivity contribution in [3.05, 3.63) is 82.4 Å². The Morgan fingerprint density at radius 3 is 2.79 bits per heavy atom.